The van der Waals surface area contributed by atoms with Gasteiger partial charge in [0.25, 0.3) is 5.91 Å². The Bertz CT molecular complexity index is 487. The molecule has 1 aromatic rings. The number of carboxylic acids is 1. The fourth-order valence-electron chi connectivity index (χ4n) is 1.76. The summed E-state index contributed by atoms with van der Waals surface area (Å²) in [5.74, 6) is -1.31. The molecule has 1 heterocycles. The van der Waals surface area contributed by atoms with Crippen LogP contribution >= 0.6 is 0 Å². The number of unbranched alkanes of at least 4 members (excludes halogenated alkanes) is 1. The minimum absolute atomic E-state index is 0.118. The Hall–Kier alpha value is -1.95. The molecule has 110 valence electrons. The van der Waals surface area contributed by atoms with Gasteiger partial charge in [0.2, 0.25) is 0 Å². The van der Waals surface area contributed by atoms with Crippen LogP contribution in [0.5, 0.6) is 0 Å². The first-order valence-corrected chi connectivity index (χ1v) is 6.55. The molecule has 2 N–H and O–H groups in total. The summed E-state index contributed by atoms with van der Waals surface area (Å²) in [5.41, 5.74) is 0.713. The molecule has 0 fully saturated rings. The van der Waals surface area contributed by atoms with E-state index in [9.17, 15) is 9.59 Å². The third-order valence-corrected chi connectivity index (χ3v) is 2.87. The van der Waals surface area contributed by atoms with Crippen LogP contribution in [0.2, 0.25) is 0 Å². The molecule has 1 amide bonds. The first-order valence-electron chi connectivity index (χ1n) is 6.55. The van der Waals surface area contributed by atoms with Crippen LogP contribution in [-0.2, 0) is 0 Å². The van der Waals surface area contributed by atoms with Crippen molar-refractivity contribution in [3.05, 3.63) is 29.1 Å². The van der Waals surface area contributed by atoms with Crippen LogP contribution in [-0.4, -0.2) is 54.1 Å². The number of aromatic nitrogens is 1. The van der Waals surface area contributed by atoms with E-state index in [-0.39, 0.29) is 17.2 Å². The fraction of sp³-hybridized carbons (Fsp3) is 0.500. The molecule has 0 radical (unpaired) electrons. The molecule has 0 aliphatic carbocycles. The second kappa shape index (κ2) is 7.59. The molecule has 0 spiro atoms. The van der Waals surface area contributed by atoms with Crippen molar-refractivity contribution in [3.63, 3.8) is 0 Å². The molecule has 20 heavy (non-hydrogen) atoms. The quantitative estimate of drug-likeness (QED) is 0.732. The average molecular weight is 279 g/mol. The van der Waals surface area contributed by atoms with Gasteiger partial charge in [-0.3, -0.25) is 4.79 Å². The third-order valence-electron chi connectivity index (χ3n) is 2.87. The van der Waals surface area contributed by atoms with Gasteiger partial charge in [0.15, 0.2) is 0 Å². The second-order valence-electron chi connectivity index (χ2n) is 4.90. The van der Waals surface area contributed by atoms with Crippen LogP contribution in [0.25, 0.3) is 0 Å². The predicted molar refractivity (Wildman–Crippen MR) is 76.1 cm³/mol. The number of aromatic carboxylic acids is 1. The van der Waals surface area contributed by atoms with Crippen LogP contribution in [0.3, 0.4) is 0 Å². The molecule has 0 atom stereocenters. The molecule has 6 heteroatoms. The number of aryl methyl sites for hydroxylation is 1. The molecule has 0 aliphatic heterocycles. The van der Waals surface area contributed by atoms with E-state index >= 15 is 0 Å². The van der Waals surface area contributed by atoms with Crippen molar-refractivity contribution in [1.82, 2.24) is 15.2 Å². The van der Waals surface area contributed by atoms with Gasteiger partial charge in [-0.15, -0.1) is 0 Å². The van der Waals surface area contributed by atoms with E-state index < -0.39 is 5.97 Å². The number of hydrogen-bond acceptors (Lipinski definition) is 4. The molecule has 0 aromatic carbocycles. The number of carbonyl (C=O) groups is 2. The van der Waals surface area contributed by atoms with E-state index in [1.165, 1.54) is 12.1 Å². The van der Waals surface area contributed by atoms with Gasteiger partial charge in [0.1, 0.15) is 5.69 Å². The standard InChI is InChI=1S/C14H21N3O3/c1-10-11(14(19)20)6-7-12(16-10)13(18)15-8-4-5-9-17(2)3/h6-7H,4-5,8-9H2,1-3H3,(H,15,18)(H,19,20). The highest BCUT2D eigenvalue weighted by Crippen LogP contribution is 2.07. The lowest BCUT2D eigenvalue weighted by Gasteiger charge is -2.09. The Morgan fingerprint density at radius 2 is 2.00 bits per heavy atom. The number of hydrogen-bond donors (Lipinski definition) is 2. The Balaban J connectivity index is 2.48. The van der Waals surface area contributed by atoms with Crippen molar-refractivity contribution in [1.29, 1.82) is 0 Å². The van der Waals surface area contributed by atoms with Gasteiger partial charge in [0.05, 0.1) is 11.3 Å². The second-order valence-corrected chi connectivity index (χ2v) is 4.90. The van der Waals surface area contributed by atoms with Crippen molar-refractivity contribution in [2.45, 2.75) is 19.8 Å². The zero-order chi connectivity index (χ0) is 15.1. The van der Waals surface area contributed by atoms with Crippen LogP contribution in [0, 0.1) is 6.92 Å². The lowest BCUT2D eigenvalue weighted by Crippen LogP contribution is -2.26. The molecule has 0 unspecified atom stereocenters. The maximum absolute atomic E-state index is 11.8. The maximum atomic E-state index is 11.8. The summed E-state index contributed by atoms with van der Waals surface area (Å²) >= 11 is 0. The van der Waals surface area contributed by atoms with Crippen molar-refractivity contribution in [3.8, 4) is 0 Å². The first kappa shape index (κ1) is 16.1. The van der Waals surface area contributed by atoms with Gasteiger partial charge in [-0.1, -0.05) is 0 Å². The highest BCUT2D eigenvalue weighted by molar-refractivity contribution is 5.94. The number of carbonyl (C=O) groups excluding carboxylic acids is 1. The number of nitrogens with zero attached hydrogens (tertiary/aromatic N) is 2. The van der Waals surface area contributed by atoms with Crippen molar-refractivity contribution < 1.29 is 14.7 Å². The topological polar surface area (TPSA) is 82.5 Å². The SMILES string of the molecule is Cc1nc(C(=O)NCCCCN(C)C)ccc1C(=O)O. The van der Waals surface area contributed by atoms with Gasteiger partial charge in [-0.2, -0.15) is 0 Å². The maximum Gasteiger partial charge on any atom is 0.337 e. The van der Waals surface area contributed by atoms with Gasteiger partial charge in [-0.05, 0) is 52.5 Å². The summed E-state index contributed by atoms with van der Waals surface area (Å²) in [7, 11) is 4.02. The van der Waals surface area contributed by atoms with E-state index in [0.29, 0.717) is 12.2 Å². The molecule has 0 saturated carbocycles. The number of rotatable bonds is 7. The average Bonchev–Trinajstić information content (AvgIpc) is 2.37. The number of carboxylic acid groups (broad SMARTS) is 1. The molecule has 6 nitrogen and oxygen atoms in total. The monoisotopic (exact) mass is 279 g/mol. The Morgan fingerprint density at radius 3 is 2.55 bits per heavy atom. The zero-order valence-corrected chi connectivity index (χ0v) is 12.1. The summed E-state index contributed by atoms with van der Waals surface area (Å²) in [6, 6.07) is 2.84. The number of amides is 1. The highest BCUT2D eigenvalue weighted by atomic mass is 16.4. The van der Waals surface area contributed by atoms with Crippen molar-refractivity contribution in [2.75, 3.05) is 27.2 Å². The summed E-state index contributed by atoms with van der Waals surface area (Å²) in [4.78, 5) is 28.8. The summed E-state index contributed by atoms with van der Waals surface area (Å²) in [5, 5.41) is 11.7. The smallest absolute Gasteiger partial charge is 0.337 e. The van der Waals surface area contributed by atoms with Gasteiger partial charge in [0, 0.05) is 6.54 Å². The van der Waals surface area contributed by atoms with Gasteiger partial charge >= 0.3 is 5.97 Å². The van der Waals surface area contributed by atoms with E-state index in [4.69, 9.17) is 5.11 Å². The number of nitrogens with one attached hydrogen (secondary N) is 1. The predicted octanol–water partition coefficient (Wildman–Crippen LogP) is 1.16. The molecule has 0 bridgehead atoms. The largest absolute Gasteiger partial charge is 0.478 e. The summed E-state index contributed by atoms with van der Waals surface area (Å²) < 4.78 is 0. The van der Waals surface area contributed by atoms with Gasteiger partial charge in [-0.25, -0.2) is 9.78 Å². The van der Waals surface area contributed by atoms with Crippen molar-refractivity contribution in [2.24, 2.45) is 0 Å². The Morgan fingerprint density at radius 1 is 1.30 bits per heavy atom. The third kappa shape index (κ3) is 4.97. The lowest BCUT2D eigenvalue weighted by atomic mass is 10.2. The van der Waals surface area contributed by atoms with Crippen LogP contribution in [0.4, 0.5) is 0 Å². The molecular formula is C14H21N3O3. The van der Waals surface area contributed by atoms with E-state index in [0.717, 1.165) is 19.4 Å². The Labute approximate surface area is 118 Å². The summed E-state index contributed by atoms with van der Waals surface area (Å²) in [6.45, 7) is 3.16. The Kier molecular flexibility index (Phi) is 6.11. The fourth-order valence-corrected chi connectivity index (χ4v) is 1.76. The zero-order valence-electron chi connectivity index (χ0n) is 12.1. The normalized spacial score (nSPS) is 10.6. The van der Waals surface area contributed by atoms with Gasteiger partial charge < -0.3 is 15.3 Å². The molecule has 1 aromatic heterocycles. The molecule has 0 aliphatic rings. The van der Waals surface area contributed by atoms with Crippen molar-refractivity contribution >= 4 is 11.9 Å². The minimum atomic E-state index is -1.04. The van der Waals surface area contributed by atoms with E-state index in [1.807, 2.05) is 14.1 Å². The molecule has 1 rings (SSSR count). The minimum Gasteiger partial charge on any atom is -0.478 e. The summed E-state index contributed by atoms with van der Waals surface area (Å²) in [6.07, 6.45) is 1.91. The lowest BCUT2D eigenvalue weighted by molar-refractivity contribution is 0.0694. The molecule has 0 saturated heterocycles. The number of pyridine rings is 1. The van der Waals surface area contributed by atoms with E-state index in [2.05, 4.69) is 15.2 Å². The van der Waals surface area contributed by atoms with Crippen LogP contribution < -0.4 is 5.32 Å². The van der Waals surface area contributed by atoms with E-state index in [1.54, 1.807) is 6.92 Å². The van der Waals surface area contributed by atoms with Crippen LogP contribution in [0.15, 0.2) is 12.1 Å². The first-order chi connectivity index (χ1) is 9.41. The van der Waals surface area contributed by atoms with Crippen LogP contribution in [0.1, 0.15) is 39.4 Å². The molecular weight excluding hydrogens is 258 g/mol. The highest BCUT2D eigenvalue weighted by Gasteiger charge is 2.12.